The quantitative estimate of drug-likeness (QED) is 0.0199. The number of nitrogens with one attached hydrogen (secondary N) is 1. The van der Waals surface area contributed by atoms with E-state index in [1.54, 1.807) is 6.08 Å². The number of aliphatic hydroxyl groups is 11. The number of allylic oxidation sites excluding steroid dienone is 15. The normalized spacial score (nSPS) is 25.9. The number of amides is 1. The largest absolute Gasteiger partial charge is 0.394 e. The molecule has 0 aromatic rings. The first-order valence-corrected chi connectivity index (χ1v) is 43.5. The Morgan fingerprint density at radius 1 is 0.343 bits per heavy atom. The molecule has 3 fully saturated rings. The second-order valence-electron chi connectivity index (χ2n) is 30.6. The summed E-state index contributed by atoms with van der Waals surface area (Å²) in [5.74, 6) is -0.278. The van der Waals surface area contributed by atoms with Crippen LogP contribution in [0.15, 0.2) is 97.2 Å². The number of aliphatic hydroxyl groups excluding tert-OH is 11. The van der Waals surface area contributed by atoms with E-state index in [0.29, 0.717) is 6.42 Å². The second-order valence-corrected chi connectivity index (χ2v) is 30.6. The van der Waals surface area contributed by atoms with E-state index in [-0.39, 0.29) is 18.9 Å². The van der Waals surface area contributed by atoms with Crippen molar-refractivity contribution in [2.24, 2.45) is 0 Å². The van der Waals surface area contributed by atoms with Crippen molar-refractivity contribution >= 4 is 5.91 Å². The average molecular weight is 1530 g/mol. The lowest BCUT2D eigenvalue weighted by Crippen LogP contribution is -2.66. The number of rotatable bonds is 69. The molecule has 0 aliphatic carbocycles. The highest BCUT2D eigenvalue weighted by molar-refractivity contribution is 5.76. The molecule has 108 heavy (non-hydrogen) atoms. The topological polar surface area (TPSA) is 307 Å². The van der Waals surface area contributed by atoms with Crippen LogP contribution in [0.2, 0.25) is 0 Å². The van der Waals surface area contributed by atoms with Crippen molar-refractivity contribution in [1.82, 2.24) is 5.32 Å². The minimum absolute atomic E-state index is 0.235. The number of ether oxygens (including phenoxy) is 6. The van der Waals surface area contributed by atoms with Crippen LogP contribution in [0.5, 0.6) is 0 Å². The molecular formula is C89H157NO18. The van der Waals surface area contributed by atoms with Gasteiger partial charge in [0.25, 0.3) is 0 Å². The van der Waals surface area contributed by atoms with Gasteiger partial charge in [-0.05, 0) is 77.0 Å². The van der Waals surface area contributed by atoms with Gasteiger partial charge in [-0.1, -0.05) is 342 Å². The number of carbonyl (C=O) groups is 1. The van der Waals surface area contributed by atoms with Crippen molar-refractivity contribution in [2.45, 2.75) is 433 Å². The van der Waals surface area contributed by atoms with E-state index in [1.165, 1.54) is 199 Å². The maximum Gasteiger partial charge on any atom is 0.220 e. The number of hydrogen-bond donors (Lipinski definition) is 12. The summed E-state index contributed by atoms with van der Waals surface area (Å²) in [6.45, 7) is 1.66. The van der Waals surface area contributed by atoms with Crippen molar-refractivity contribution in [1.29, 1.82) is 0 Å². The lowest BCUT2D eigenvalue weighted by atomic mass is 9.96. The molecule has 17 atom stereocenters. The molecule has 19 heteroatoms. The predicted molar refractivity (Wildman–Crippen MR) is 434 cm³/mol. The van der Waals surface area contributed by atoms with Crippen LogP contribution in [0.3, 0.4) is 0 Å². The van der Waals surface area contributed by atoms with Gasteiger partial charge in [-0.15, -0.1) is 0 Å². The van der Waals surface area contributed by atoms with Crippen LogP contribution in [0.25, 0.3) is 0 Å². The molecular weight excluding hydrogens is 1370 g/mol. The second kappa shape index (κ2) is 68.1. The molecule has 0 aromatic heterocycles. The first-order valence-electron chi connectivity index (χ1n) is 43.5. The van der Waals surface area contributed by atoms with Gasteiger partial charge in [-0.25, -0.2) is 0 Å². The molecule has 0 bridgehead atoms. The van der Waals surface area contributed by atoms with E-state index < -0.39 is 124 Å². The fraction of sp³-hybridized carbons (Fsp3) is 0.809. The van der Waals surface area contributed by atoms with Crippen molar-refractivity contribution < 1.29 is 89.4 Å². The molecule has 3 saturated heterocycles. The Balaban J connectivity index is 1.35. The molecule has 17 unspecified atom stereocenters. The van der Waals surface area contributed by atoms with Crippen LogP contribution in [0.1, 0.15) is 328 Å². The zero-order valence-electron chi connectivity index (χ0n) is 67.3. The molecule has 0 radical (unpaired) electrons. The monoisotopic (exact) mass is 1530 g/mol. The number of unbranched alkanes of at least 4 members (excludes halogenated alkanes) is 39. The highest BCUT2D eigenvalue weighted by Crippen LogP contribution is 2.33. The van der Waals surface area contributed by atoms with E-state index in [9.17, 15) is 61.0 Å². The lowest BCUT2D eigenvalue weighted by Gasteiger charge is -2.48. The van der Waals surface area contributed by atoms with Crippen LogP contribution in [0.4, 0.5) is 0 Å². The zero-order chi connectivity index (χ0) is 78.1. The number of hydrogen-bond acceptors (Lipinski definition) is 18. The SMILES string of the molecule is CC/C=C\C/C=C\C/C=C\C/C=C\C/C=C\C/C=C\C/C=C\CCCCCCCCCCCCCC(=O)NC(COC1OC(CO)C(OC2OC(CO)C(OC3OC(CO)C(O)C(O)C3O)C(O)C2O)C(O)C1O)C(O)/C=C/CCCCCCCCCCCCCCCCCCCCCCCCCCCCCC. The van der Waals surface area contributed by atoms with Crippen LogP contribution in [-0.2, 0) is 33.2 Å². The molecule has 3 aliphatic rings. The zero-order valence-corrected chi connectivity index (χ0v) is 67.3. The fourth-order valence-electron chi connectivity index (χ4n) is 14.2. The van der Waals surface area contributed by atoms with Gasteiger partial charge in [-0.2, -0.15) is 0 Å². The van der Waals surface area contributed by atoms with Gasteiger partial charge in [0.15, 0.2) is 18.9 Å². The van der Waals surface area contributed by atoms with Crippen LogP contribution >= 0.6 is 0 Å². The first-order chi connectivity index (χ1) is 52.8. The molecule has 0 aromatic carbocycles. The summed E-state index contributed by atoms with van der Waals surface area (Å²) in [5.41, 5.74) is 0. The van der Waals surface area contributed by atoms with E-state index in [4.69, 9.17) is 28.4 Å². The van der Waals surface area contributed by atoms with Gasteiger partial charge in [0.1, 0.15) is 73.2 Å². The molecule has 0 saturated carbocycles. The summed E-state index contributed by atoms with van der Waals surface area (Å²) in [7, 11) is 0. The highest BCUT2D eigenvalue weighted by Gasteiger charge is 2.54. The summed E-state index contributed by atoms with van der Waals surface area (Å²) in [5, 5.41) is 121. The maximum absolute atomic E-state index is 13.5. The summed E-state index contributed by atoms with van der Waals surface area (Å²) in [6.07, 6.45) is 66.8. The average Bonchev–Trinajstić information content (AvgIpc) is 0.779. The molecule has 3 rings (SSSR count). The molecule has 19 nitrogen and oxygen atoms in total. The Kier molecular flexibility index (Phi) is 62.4. The Morgan fingerprint density at radius 2 is 0.639 bits per heavy atom. The first kappa shape index (κ1) is 98.9. The van der Waals surface area contributed by atoms with Crippen molar-refractivity contribution in [3.05, 3.63) is 97.2 Å². The van der Waals surface area contributed by atoms with Crippen molar-refractivity contribution in [3.63, 3.8) is 0 Å². The van der Waals surface area contributed by atoms with E-state index >= 15 is 0 Å². The van der Waals surface area contributed by atoms with E-state index in [2.05, 4.69) is 104 Å². The van der Waals surface area contributed by atoms with Crippen molar-refractivity contribution in [3.8, 4) is 0 Å². The standard InChI is InChI=1S/C89H157NO18/c1-3-5-7-9-11-13-15-17-19-21-23-25-27-29-31-33-35-36-37-39-41-43-45-47-49-51-53-55-57-59-61-63-65-67-77(95)90-72(73(94)66-64-62-60-58-56-54-52-50-48-46-44-42-40-38-34-32-30-28-26-24-22-20-18-16-14-12-10-8-6-4-2)71-103-87-83(101)80(98)85(75(69-92)105-87)108-89-84(102)81(99)86(76(70-93)106-89)107-88-82(100)79(97)78(96)74(68-91)104-88/h5,7,11,13,17,19,23,25,29,31,35-36,39,41,64,66,72-76,78-89,91-94,96-102H,3-4,6,8-10,12,14-16,18,20-22,24,26-28,30,32-34,37-38,40,42-63,65,67-71H2,1-2H3,(H,90,95)/b7-5-,13-11-,19-17-,25-23-,31-29-,36-35-,41-39-,66-64+. The highest BCUT2D eigenvalue weighted by atomic mass is 16.8. The smallest absolute Gasteiger partial charge is 0.220 e. The third-order valence-electron chi connectivity index (χ3n) is 21.1. The van der Waals surface area contributed by atoms with Crippen LogP contribution in [-0.4, -0.2) is 193 Å². The van der Waals surface area contributed by atoms with Crippen molar-refractivity contribution in [2.75, 3.05) is 26.4 Å². The maximum atomic E-state index is 13.5. The van der Waals surface area contributed by atoms with E-state index in [1.807, 2.05) is 6.08 Å². The van der Waals surface area contributed by atoms with Gasteiger partial charge in [0.2, 0.25) is 5.91 Å². The fourth-order valence-corrected chi connectivity index (χ4v) is 14.2. The summed E-state index contributed by atoms with van der Waals surface area (Å²) in [6, 6.07) is -0.983. The molecule has 3 aliphatic heterocycles. The van der Waals surface area contributed by atoms with Gasteiger partial charge < -0.3 is 89.9 Å². The molecule has 626 valence electrons. The molecule has 12 N–H and O–H groups in total. The summed E-state index contributed by atoms with van der Waals surface area (Å²) < 4.78 is 34.5. The third kappa shape index (κ3) is 46.8. The molecule has 1 amide bonds. The van der Waals surface area contributed by atoms with Gasteiger partial charge >= 0.3 is 0 Å². The Morgan fingerprint density at radius 3 is 1.00 bits per heavy atom. The predicted octanol–water partition coefficient (Wildman–Crippen LogP) is 15.9. The van der Waals surface area contributed by atoms with Gasteiger partial charge in [0.05, 0.1) is 38.6 Å². The Labute approximate surface area is 653 Å². The summed E-state index contributed by atoms with van der Waals surface area (Å²) >= 11 is 0. The third-order valence-corrected chi connectivity index (χ3v) is 21.1. The Hall–Kier alpha value is -3.29. The minimum Gasteiger partial charge on any atom is -0.394 e. The van der Waals surface area contributed by atoms with Crippen LogP contribution < -0.4 is 5.32 Å². The minimum atomic E-state index is -1.98. The lowest BCUT2D eigenvalue weighted by molar-refractivity contribution is -0.379. The Bertz CT molecular complexity index is 2330. The van der Waals surface area contributed by atoms with Gasteiger partial charge in [-0.3, -0.25) is 4.79 Å². The molecule has 0 spiro atoms. The van der Waals surface area contributed by atoms with E-state index in [0.717, 1.165) is 103 Å². The number of carbonyl (C=O) groups excluding carboxylic acids is 1. The van der Waals surface area contributed by atoms with Gasteiger partial charge in [0, 0.05) is 6.42 Å². The van der Waals surface area contributed by atoms with Crippen LogP contribution in [0, 0.1) is 0 Å². The molecule has 3 heterocycles. The summed E-state index contributed by atoms with van der Waals surface area (Å²) in [4.78, 5) is 13.5.